The Morgan fingerprint density at radius 3 is 2.62 bits per heavy atom. The Bertz CT molecular complexity index is 684. The number of hydrogen-bond acceptors (Lipinski definition) is 3. The number of rotatable bonds is 3. The van der Waals surface area contributed by atoms with E-state index in [0.717, 1.165) is 37.7 Å². The molecule has 0 bridgehead atoms. The van der Waals surface area contributed by atoms with Crippen LogP contribution in [0.2, 0.25) is 0 Å². The second-order valence-corrected chi connectivity index (χ2v) is 10.1. The molecule has 0 spiro atoms. The average molecular weight is 386 g/mol. The van der Waals surface area contributed by atoms with Crippen molar-refractivity contribution in [1.82, 2.24) is 4.90 Å². The van der Waals surface area contributed by atoms with Crippen LogP contribution in [0.25, 0.3) is 0 Å². The van der Waals surface area contributed by atoms with E-state index in [1.54, 1.807) is 6.07 Å². The van der Waals surface area contributed by atoms with E-state index in [0.29, 0.717) is 18.0 Å². The molecule has 1 saturated heterocycles. The molecule has 1 aromatic rings. The number of alkyl halides is 3. The lowest BCUT2D eigenvalue weighted by Gasteiger charge is -2.20. The average Bonchev–Trinajstić information content (AvgIpc) is 3.07. The summed E-state index contributed by atoms with van der Waals surface area (Å²) in [5.74, 6) is 0.753. The van der Waals surface area contributed by atoms with Crippen molar-refractivity contribution in [2.45, 2.75) is 51.1 Å². The van der Waals surface area contributed by atoms with E-state index in [2.05, 4.69) is 9.30 Å². The highest BCUT2D eigenvalue weighted by Crippen LogP contribution is 2.38. The Morgan fingerprint density at radius 1 is 1.23 bits per heavy atom. The molecular formula is C19H25F3N2OS. The summed E-state index contributed by atoms with van der Waals surface area (Å²) >= 11 is -1.25. The van der Waals surface area contributed by atoms with Crippen LogP contribution in [-0.2, 0) is 24.1 Å². The molecule has 2 aliphatic rings. The normalized spacial score (nSPS) is 27.1. The molecule has 3 rings (SSSR count). The van der Waals surface area contributed by atoms with Gasteiger partial charge < -0.3 is 4.55 Å². The van der Waals surface area contributed by atoms with E-state index >= 15 is 0 Å². The maximum atomic E-state index is 12.9. The molecule has 7 heteroatoms. The van der Waals surface area contributed by atoms with Crippen molar-refractivity contribution in [3.63, 3.8) is 0 Å². The molecule has 1 aliphatic heterocycles. The van der Waals surface area contributed by atoms with E-state index < -0.39 is 23.1 Å². The summed E-state index contributed by atoms with van der Waals surface area (Å²) in [6, 6.07) is 5.55. The predicted molar refractivity (Wildman–Crippen MR) is 98.3 cm³/mol. The molecule has 0 radical (unpaired) electrons. The van der Waals surface area contributed by atoms with Gasteiger partial charge in [0.15, 0.2) is 0 Å². The van der Waals surface area contributed by atoms with Crippen LogP contribution in [0.4, 0.5) is 13.2 Å². The van der Waals surface area contributed by atoms with Crippen molar-refractivity contribution in [3.05, 3.63) is 35.4 Å². The fourth-order valence-corrected chi connectivity index (χ4v) is 4.45. The van der Waals surface area contributed by atoms with Crippen molar-refractivity contribution in [2.75, 3.05) is 13.1 Å². The minimum atomic E-state index is -4.31. The molecule has 0 unspecified atom stereocenters. The van der Waals surface area contributed by atoms with Gasteiger partial charge in [-0.1, -0.05) is 22.6 Å². The molecule has 144 valence electrons. The first-order chi connectivity index (χ1) is 12.0. The fourth-order valence-electron chi connectivity index (χ4n) is 3.74. The number of benzene rings is 1. The molecule has 2 fully saturated rings. The zero-order valence-electron chi connectivity index (χ0n) is 15.3. The molecule has 3 atom stereocenters. The molecule has 1 saturated carbocycles. The number of likely N-dealkylation sites (tertiary alicyclic amines) is 1. The first-order valence-electron chi connectivity index (χ1n) is 8.92. The second kappa shape index (κ2) is 7.17. The third-order valence-corrected chi connectivity index (χ3v) is 6.55. The molecule has 1 aliphatic carbocycles. The van der Waals surface area contributed by atoms with Gasteiger partial charge in [0.2, 0.25) is 0 Å². The quantitative estimate of drug-likeness (QED) is 0.720. The van der Waals surface area contributed by atoms with Crippen LogP contribution in [0, 0.1) is 11.8 Å². The molecule has 0 aromatic heterocycles. The zero-order chi connectivity index (χ0) is 19.1. The lowest BCUT2D eigenvalue weighted by Crippen LogP contribution is -2.28. The Kier molecular flexibility index (Phi) is 5.43. The molecular weight excluding hydrogens is 361 g/mol. The van der Waals surface area contributed by atoms with Crippen LogP contribution < -0.4 is 0 Å². The van der Waals surface area contributed by atoms with Crippen LogP contribution in [0.15, 0.2) is 28.7 Å². The van der Waals surface area contributed by atoms with E-state index in [4.69, 9.17) is 0 Å². The molecule has 0 N–H and O–H groups in total. The van der Waals surface area contributed by atoms with Crippen molar-refractivity contribution in [1.29, 1.82) is 0 Å². The van der Waals surface area contributed by atoms with E-state index in [9.17, 15) is 17.7 Å². The maximum Gasteiger partial charge on any atom is 0.416 e. The van der Waals surface area contributed by atoms with Crippen molar-refractivity contribution >= 4 is 17.1 Å². The zero-order valence-corrected chi connectivity index (χ0v) is 16.2. The molecule has 1 aromatic carbocycles. The maximum absolute atomic E-state index is 12.9. The summed E-state index contributed by atoms with van der Waals surface area (Å²) in [5, 5.41) is 0. The van der Waals surface area contributed by atoms with Gasteiger partial charge in [-0.15, -0.1) is 0 Å². The summed E-state index contributed by atoms with van der Waals surface area (Å²) in [5.41, 5.74) is 1.10. The first kappa shape index (κ1) is 19.7. The molecule has 0 amide bonds. The van der Waals surface area contributed by atoms with E-state index in [1.807, 2.05) is 20.8 Å². The smallest absolute Gasteiger partial charge is 0.416 e. The summed E-state index contributed by atoms with van der Waals surface area (Å²) in [7, 11) is 0. The van der Waals surface area contributed by atoms with Gasteiger partial charge in [0.25, 0.3) is 0 Å². The molecule has 26 heavy (non-hydrogen) atoms. The monoisotopic (exact) mass is 386 g/mol. The Morgan fingerprint density at radius 2 is 1.96 bits per heavy atom. The summed E-state index contributed by atoms with van der Waals surface area (Å²) in [4.78, 5) is 2.19. The lowest BCUT2D eigenvalue weighted by molar-refractivity contribution is -0.137. The summed E-state index contributed by atoms with van der Waals surface area (Å²) in [6.45, 7) is 7.88. The van der Waals surface area contributed by atoms with Crippen LogP contribution in [0.3, 0.4) is 0 Å². The Balaban J connectivity index is 1.67. The highest BCUT2D eigenvalue weighted by Gasteiger charge is 2.42. The van der Waals surface area contributed by atoms with Crippen LogP contribution >= 0.6 is 0 Å². The summed E-state index contributed by atoms with van der Waals surface area (Å²) < 4.78 is 55.1. The Hall–Kier alpha value is -1.05. The van der Waals surface area contributed by atoms with Gasteiger partial charge in [-0.05, 0) is 51.2 Å². The lowest BCUT2D eigenvalue weighted by atomic mass is 10.00. The van der Waals surface area contributed by atoms with Gasteiger partial charge in [0.05, 0.1) is 11.3 Å². The third-order valence-electron chi connectivity index (χ3n) is 5.10. The van der Waals surface area contributed by atoms with Crippen LogP contribution in [0.5, 0.6) is 0 Å². The van der Waals surface area contributed by atoms with Crippen LogP contribution in [-0.4, -0.2) is 33.0 Å². The minimum Gasteiger partial charge on any atom is -0.591 e. The van der Waals surface area contributed by atoms with E-state index in [1.165, 1.54) is 12.1 Å². The topological polar surface area (TPSA) is 38.7 Å². The van der Waals surface area contributed by atoms with Crippen LogP contribution in [0.1, 0.15) is 44.7 Å². The second-order valence-electron chi connectivity index (χ2n) is 8.24. The Labute approximate surface area is 156 Å². The van der Waals surface area contributed by atoms with Gasteiger partial charge in [0.1, 0.15) is 16.1 Å². The molecule has 3 nitrogen and oxygen atoms in total. The number of halogens is 3. The SMILES string of the molecule is CC(C)(C)[S@+]([O-])N=C1CC[C@@H]2CN(Cc3cccc(C(F)(F)F)c3)C[C@H]12. The van der Waals surface area contributed by atoms with E-state index in [-0.39, 0.29) is 10.7 Å². The predicted octanol–water partition coefficient (Wildman–Crippen LogP) is 4.45. The van der Waals surface area contributed by atoms with Crippen molar-refractivity contribution in [2.24, 2.45) is 16.2 Å². The fraction of sp³-hybridized carbons (Fsp3) is 0.632. The van der Waals surface area contributed by atoms with Gasteiger partial charge in [-0.3, -0.25) is 4.90 Å². The van der Waals surface area contributed by atoms with Gasteiger partial charge in [-0.2, -0.15) is 13.2 Å². The van der Waals surface area contributed by atoms with Crippen molar-refractivity contribution < 1.29 is 17.7 Å². The first-order valence-corrected chi connectivity index (χ1v) is 10.0. The summed E-state index contributed by atoms with van der Waals surface area (Å²) in [6.07, 6.45) is -2.41. The van der Waals surface area contributed by atoms with Gasteiger partial charge >= 0.3 is 6.18 Å². The largest absolute Gasteiger partial charge is 0.591 e. The highest BCUT2D eigenvalue weighted by atomic mass is 32.2. The third kappa shape index (κ3) is 4.43. The number of hydrogen-bond donors (Lipinski definition) is 0. The number of nitrogens with zero attached hydrogens (tertiary/aromatic N) is 2. The van der Waals surface area contributed by atoms with Crippen molar-refractivity contribution in [3.8, 4) is 0 Å². The minimum absolute atomic E-state index is 0.284. The van der Waals surface area contributed by atoms with Gasteiger partial charge in [0, 0.05) is 25.6 Å². The van der Waals surface area contributed by atoms with Gasteiger partial charge in [-0.25, -0.2) is 0 Å². The molecule has 1 heterocycles. The standard InChI is InChI=1S/C19H25F3N2OS/c1-18(2,3)26(25)23-17-8-7-14-11-24(12-16(14)17)10-13-5-4-6-15(9-13)19(20,21)22/h4-6,9,14,16H,7-8,10-12H2,1-3H3/t14-,16+,26+/m1/s1. The highest BCUT2D eigenvalue weighted by molar-refractivity contribution is 7.91. The number of fused-ring (bicyclic) bond motifs is 1.